The zero-order chi connectivity index (χ0) is 19.5. The van der Waals surface area contributed by atoms with Crippen molar-refractivity contribution in [3.05, 3.63) is 35.1 Å². The summed E-state index contributed by atoms with van der Waals surface area (Å²) in [6.45, 7) is 4.20. The van der Waals surface area contributed by atoms with Gasteiger partial charge in [0.2, 0.25) is 0 Å². The molecule has 1 aromatic carbocycles. The third-order valence-electron chi connectivity index (χ3n) is 8.84. The lowest BCUT2D eigenvalue weighted by Gasteiger charge is -2.45. The van der Waals surface area contributed by atoms with Crippen molar-refractivity contribution in [2.45, 2.75) is 103 Å². The fourth-order valence-electron chi connectivity index (χ4n) is 6.96. The van der Waals surface area contributed by atoms with Crippen molar-refractivity contribution < 1.29 is 4.39 Å². The topological polar surface area (TPSA) is 0 Å². The molecule has 0 aliphatic heterocycles. The van der Waals surface area contributed by atoms with Crippen LogP contribution in [0, 0.1) is 42.3 Å². The molecule has 0 aromatic heterocycles. The SMILES string of the molecule is CCCCC1CCC(C2CCC3CC(c4ccc(C)c(F)c4)CCC3C2)CC1. The number of hydrogen-bond acceptors (Lipinski definition) is 0. The summed E-state index contributed by atoms with van der Waals surface area (Å²) < 4.78 is 14.0. The first-order chi connectivity index (χ1) is 13.6. The van der Waals surface area contributed by atoms with Crippen LogP contribution in [0.4, 0.5) is 4.39 Å². The molecule has 0 spiro atoms. The number of unbranched alkanes of at least 4 members (excludes halogenated alkanes) is 1. The lowest BCUT2D eigenvalue weighted by atomic mass is 9.60. The van der Waals surface area contributed by atoms with Gasteiger partial charge in [-0.15, -0.1) is 0 Å². The van der Waals surface area contributed by atoms with Crippen LogP contribution in [-0.2, 0) is 0 Å². The van der Waals surface area contributed by atoms with Gasteiger partial charge in [0.15, 0.2) is 0 Å². The Bertz CT molecular complexity index is 627. The Kier molecular flexibility index (Phi) is 6.79. The van der Waals surface area contributed by atoms with Crippen LogP contribution in [0.1, 0.15) is 107 Å². The zero-order valence-electron chi connectivity index (χ0n) is 18.3. The number of hydrogen-bond donors (Lipinski definition) is 0. The van der Waals surface area contributed by atoms with Crippen LogP contribution in [0.5, 0.6) is 0 Å². The van der Waals surface area contributed by atoms with Crippen molar-refractivity contribution in [1.29, 1.82) is 0 Å². The molecule has 156 valence electrons. The van der Waals surface area contributed by atoms with E-state index in [2.05, 4.69) is 13.0 Å². The highest BCUT2D eigenvalue weighted by atomic mass is 19.1. The second kappa shape index (κ2) is 9.31. The summed E-state index contributed by atoms with van der Waals surface area (Å²) in [7, 11) is 0. The highest BCUT2D eigenvalue weighted by molar-refractivity contribution is 5.26. The molecule has 0 nitrogen and oxygen atoms in total. The van der Waals surface area contributed by atoms with E-state index < -0.39 is 0 Å². The third-order valence-corrected chi connectivity index (χ3v) is 8.84. The summed E-state index contributed by atoms with van der Waals surface area (Å²) in [5, 5.41) is 0. The van der Waals surface area contributed by atoms with Gasteiger partial charge in [0, 0.05) is 0 Å². The minimum Gasteiger partial charge on any atom is -0.207 e. The number of fused-ring (bicyclic) bond motifs is 1. The molecule has 0 radical (unpaired) electrons. The quantitative estimate of drug-likeness (QED) is 0.478. The van der Waals surface area contributed by atoms with Gasteiger partial charge in [0.1, 0.15) is 5.82 Å². The van der Waals surface area contributed by atoms with E-state index in [-0.39, 0.29) is 5.82 Å². The molecule has 1 aromatic rings. The maximum Gasteiger partial charge on any atom is 0.126 e. The number of halogens is 1. The van der Waals surface area contributed by atoms with Crippen molar-refractivity contribution in [2.24, 2.45) is 29.6 Å². The van der Waals surface area contributed by atoms with E-state index in [4.69, 9.17) is 0 Å². The normalized spacial score (nSPS) is 36.1. The molecule has 4 rings (SSSR count). The van der Waals surface area contributed by atoms with E-state index in [0.717, 1.165) is 35.2 Å². The van der Waals surface area contributed by atoms with Gasteiger partial charge < -0.3 is 0 Å². The fraction of sp³-hybridized carbons (Fsp3) is 0.778. The summed E-state index contributed by atoms with van der Waals surface area (Å²) in [5.74, 6) is 5.53. The number of aryl methyl sites for hydroxylation is 1. The fourth-order valence-corrected chi connectivity index (χ4v) is 6.96. The smallest absolute Gasteiger partial charge is 0.126 e. The first-order valence-corrected chi connectivity index (χ1v) is 12.4. The molecule has 3 aliphatic rings. The molecule has 0 saturated heterocycles. The van der Waals surface area contributed by atoms with E-state index in [1.54, 1.807) is 0 Å². The van der Waals surface area contributed by atoms with Gasteiger partial charge in [-0.3, -0.25) is 0 Å². The lowest BCUT2D eigenvalue weighted by molar-refractivity contribution is 0.0710. The van der Waals surface area contributed by atoms with E-state index >= 15 is 0 Å². The van der Waals surface area contributed by atoms with Crippen LogP contribution in [0.3, 0.4) is 0 Å². The second-order valence-electron chi connectivity index (χ2n) is 10.5. The highest BCUT2D eigenvalue weighted by Crippen LogP contribution is 2.51. The summed E-state index contributed by atoms with van der Waals surface area (Å²) in [6.07, 6.45) is 18.7. The van der Waals surface area contributed by atoms with Crippen LogP contribution < -0.4 is 0 Å². The number of rotatable bonds is 5. The Balaban J connectivity index is 1.28. The molecule has 0 heterocycles. The Labute approximate surface area is 172 Å². The monoisotopic (exact) mass is 384 g/mol. The average molecular weight is 385 g/mol. The van der Waals surface area contributed by atoms with Crippen molar-refractivity contribution in [3.63, 3.8) is 0 Å². The summed E-state index contributed by atoms with van der Waals surface area (Å²) >= 11 is 0. The molecule has 0 bridgehead atoms. The Hall–Kier alpha value is -0.850. The molecular weight excluding hydrogens is 343 g/mol. The Morgan fingerprint density at radius 2 is 1.46 bits per heavy atom. The van der Waals surface area contributed by atoms with Gasteiger partial charge >= 0.3 is 0 Å². The Morgan fingerprint density at radius 1 is 0.821 bits per heavy atom. The van der Waals surface area contributed by atoms with E-state index in [0.29, 0.717) is 5.92 Å². The van der Waals surface area contributed by atoms with Gasteiger partial charge in [-0.25, -0.2) is 4.39 Å². The molecule has 0 N–H and O–H groups in total. The Morgan fingerprint density at radius 3 is 2.18 bits per heavy atom. The van der Waals surface area contributed by atoms with Crippen molar-refractivity contribution in [2.75, 3.05) is 0 Å². The molecular formula is C27H41F. The van der Waals surface area contributed by atoms with Crippen molar-refractivity contribution in [1.82, 2.24) is 0 Å². The van der Waals surface area contributed by atoms with Crippen LogP contribution in [0.15, 0.2) is 18.2 Å². The van der Waals surface area contributed by atoms with Crippen molar-refractivity contribution in [3.8, 4) is 0 Å². The van der Waals surface area contributed by atoms with Crippen LogP contribution in [0.2, 0.25) is 0 Å². The second-order valence-corrected chi connectivity index (χ2v) is 10.5. The average Bonchev–Trinajstić information content (AvgIpc) is 2.74. The molecule has 3 saturated carbocycles. The summed E-state index contributed by atoms with van der Waals surface area (Å²) in [6, 6.07) is 5.99. The predicted octanol–water partition coefficient (Wildman–Crippen LogP) is 8.43. The summed E-state index contributed by atoms with van der Waals surface area (Å²) in [5.41, 5.74) is 2.04. The van der Waals surface area contributed by atoms with Crippen LogP contribution in [-0.4, -0.2) is 0 Å². The van der Waals surface area contributed by atoms with Gasteiger partial charge in [-0.05, 0) is 111 Å². The highest BCUT2D eigenvalue weighted by Gasteiger charge is 2.39. The minimum absolute atomic E-state index is 0.0159. The number of benzene rings is 1. The maximum atomic E-state index is 14.0. The lowest BCUT2D eigenvalue weighted by Crippen LogP contribution is -2.34. The molecule has 1 heteroatoms. The minimum atomic E-state index is -0.0159. The third kappa shape index (κ3) is 4.65. The maximum absolute atomic E-state index is 14.0. The van der Waals surface area contributed by atoms with E-state index in [9.17, 15) is 4.39 Å². The van der Waals surface area contributed by atoms with E-state index in [1.165, 1.54) is 89.0 Å². The van der Waals surface area contributed by atoms with Crippen molar-refractivity contribution >= 4 is 0 Å². The molecule has 3 aliphatic carbocycles. The zero-order valence-corrected chi connectivity index (χ0v) is 18.3. The first-order valence-electron chi connectivity index (χ1n) is 12.4. The van der Waals surface area contributed by atoms with Gasteiger partial charge in [0.05, 0.1) is 0 Å². The predicted molar refractivity (Wildman–Crippen MR) is 117 cm³/mol. The van der Waals surface area contributed by atoms with E-state index in [1.807, 2.05) is 19.1 Å². The molecule has 3 fully saturated rings. The van der Waals surface area contributed by atoms with Crippen LogP contribution in [0.25, 0.3) is 0 Å². The standard InChI is InChI=1S/C27H41F/c1-3-4-5-20-7-10-21(11-8-20)22-12-13-24-17-25(15-14-23(24)16-22)26-9-6-19(2)27(28)18-26/h6,9,18,20-25H,3-5,7-8,10-17H2,1-2H3. The summed E-state index contributed by atoms with van der Waals surface area (Å²) in [4.78, 5) is 0. The molecule has 0 amide bonds. The van der Waals surface area contributed by atoms with Gasteiger partial charge in [-0.2, -0.15) is 0 Å². The first kappa shape index (κ1) is 20.4. The molecule has 28 heavy (non-hydrogen) atoms. The molecule has 4 unspecified atom stereocenters. The van der Waals surface area contributed by atoms with Gasteiger partial charge in [-0.1, -0.05) is 51.2 Å². The van der Waals surface area contributed by atoms with Gasteiger partial charge in [0.25, 0.3) is 0 Å². The molecule has 4 atom stereocenters. The van der Waals surface area contributed by atoms with Crippen LogP contribution >= 0.6 is 0 Å². The largest absolute Gasteiger partial charge is 0.207 e.